The number of esters is 1. The van der Waals surface area contributed by atoms with Gasteiger partial charge in [-0.05, 0) is 62.1 Å². The molecule has 0 aromatic heterocycles. The summed E-state index contributed by atoms with van der Waals surface area (Å²) in [7, 11) is 0. The molecule has 0 bridgehead atoms. The molecule has 2 N–H and O–H groups in total. The van der Waals surface area contributed by atoms with Gasteiger partial charge in [-0.15, -0.1) is 0 Å². The first kappa shape index (κ1) is 24.3. The molecule has 2 heterocycles. The average molecular weight is 464 g/mol. The molecule has 1 aromatic rings. The third-order valence-electron chi connectivity index (χ3n) is 7.91. The molecule has 5 heteroatoms. The number of amides is 1. The number of nitrogens with one attached hydrogen (secondary N) is 1. The largest absolute Gasteiger partial charge is 0.508 e. The summed E-state index contributed by atoms with van der Waals surface area (Å²) < 4.78 is 6.18. The molecule has 2 aliphatic heterocycles. The molecule has 5 nitrogen and oxygen atoms in total. The zero-order valence-corrected chi connectivity index (χ0v) is 20.5. The van der Waals surface area contributed by atoms with Gasteiger partial charge in [0.05, 0.1) is 0 Å². The highest BCUT2D eigenvalue weighted by atomic mass is 16.6. The van der Waals surface area contributed by atoms with E-state index in [9.17, 15) is 14.7 Å². The van der Waals surface area contributed by atoms with E-state index < -0.39 is 11.6 Å². The van der Waals surface area contributed by atoms with Crippen molar-refractivity contribution in [3.05, 3.63) is 65.8 Å². The van der Waals surface area contributed by atoms with Crippen LogP contribution in [0.4, 0.5) is 0 Å². The Bertz CT molecular complexity index is 992. The van der Waals surface area contributed by atoms with Crippen LogP contribution in [0.1, 0.15) is 58.4 Å². The lowest BCUT2D eigenvalue weighted by Gasteiger charge is -2.44. The van der Waals surface area contributed by atoms with Crippen LogP contribution in [-0.2, 0) is 20.7 Å². The summed E-state index contributed by atoms with van der Waals surface area (Å²) in [6.07, 6.45) is 15.5. The molecule has 1 spiro atoms. The zero-order valence-electron chi connectivity index (χ0n) is 20.5. The van der Waals surface area contributed by atoms with Gasteiger partial charge in [0.25, 0.3) is 5.91 Å². The molecule has 3 aliphatic rings. The second-order valence-electron chi connectivity index (χ2n) is 10.4. The van der Waals surface area contributed by atoms with Crippen LogP contribution in [0.3, 0.4) is 0 Å². The van der Waals surface area contributed by atoms with Crippen LogP contribution in [0, 0.1) is 23.7 Å². The van der Waals surface area contributed by atoms with E-state index in [0.717, 1.165) is 37.7 Å². The van der Waals surface area contributed by atoms with E-state index in [0.29, 0.717) is 12.3 Å². The third-order valence-corrected chi connectivity index (χ3v) is 7.91. The van der Waals surface area contributed by atoms with Crippen LogP contribution in [0.2, 0.25) is 0 Å². The summed E-state index contributed by atoms with van der Waals surface area (Å²) in [5.41, 5.74) is 0.960. The fraction of sp³-hybridized carbons (Fsp3) is 0.517. The summed E-state index contributed by atoms with van der Waals surface area (Å²) in [5, 5.41) is 12.9. The first-order valence-corrected chi connectivity index (χ1v) is 12.6. The Morgan fingerprint density at radius 3 is 2.65 bits per heavy atom. The number of hydrogen-bond donors (Lipinski definition) is 2. The van der Waals surface area contributed by atoms with Gasteiger partial charge in [-0.1, -0.05) is 68.7 Å². The van der Waals surface area contributed by atoms with Gasteiger partial charge < -0.3 is 15.2 Å². The Balaban J connectivity index is 1.74. The molecule has 1 fully saturated rings. The van der Waals surface area contributed by atoms with E-state index in [1.165, 1.54) is 11.6 Å². The summed E-state index contributed by atoms with van der Waals surface area (Å²) in [5.74, 6) is -0.318. The first-order valence-electron chi connectivity index (χ1n) is 12.6. The highest BCUT2D eigenvalue weighted by molar-refractivity contribution is 5.94. The van der Waals surface area contributed by atoms with Crippen molar-refractivity contribution in [2.24, 2.45) is 23.7 Å². The zero-order chi connectivity index (χ0) is 24.3. The highest BCUT2D eigenvalue weighted by Crippen LogP contribution is 2.50. The lowest BCUT2D eigenvalue weighted by molar-refractivity contribution is -0.172. The Morgan fingerprint density at radius 2 is 1.88 bits per heavy atom. The van der Waals surface area contributed by atoms with Crippen LogP contribution < -0.4 is 5.32 Å². The van der Waals surface area contributed by atoms with E-state index in [4.69, 9.17) is 4.74 Å². The number of carbonyl (C=O) groups is 2. The maximum atomic E-state index is 13.7. The third kappa shape index (κ3) is 4.84. The Kier molecular flexibility index (Phi) is 7.30. The molecule has 0 saturated carbocycles. The standard InChI is InChI=1S/C29H37NO4/c1-19-9-6-4-5-7-12-26(32)34-29-23(11-8-10-19)17-20(2)21(3)27(29)25(30-28(29)33)18-22-13-15-24(31)16-14-22/h7-8,11-17,19,21,23,25,27,31H,4-6,9-10,18H2,1-3H3,(H,30,33)/b11-8+,12-7+/t19-,21-,23+,25+,27+,29-/m1/s1. The van der Waals surface area contributed by atoms with Crippen molar-refractivity contribution in [3.8, 4) is 5.75 Å². The van der Waals surface area contributed by atoms with Gasteiger partial charge in [0.2, 0.25) is 5.60 Å². The Hall–Kier alpha value is -2.82. The molecule has 6 atom stereocenters. The molecule has 182 valence electrons. The second-order valence-corrected chi connectivity index (χ2v) is 10.4. The summed E-state index contributed by atoms with van der Waals surface area (Å²) in [6, 6.07) is 6.90. The predicted octanol–water partition coefficient (Wildman–Crippen LogP) is 5.26. The molecule has 34 heavy (non-hydrogen) atoms. The van der Waals surface area contributed by atoms with Gasteiger partial charge in [-0.25, -0.2) is 4.79 Å². The van der Waals surface area contributed by atoms with E-state index >= 15 is 0 Å². The monoisotopic (exact) mass is 463 g/mol. The molecular formula is C29H37NO4. The van der Waals surface area contributed by atoms with Crippen molar-refractivity contribution in [2.75, 3.05) is 0 Å². The molecule has 0 unspecified atom stereocenters. The Labute approximate surface area is 203 Å². The number of carbonyl (C=O) groups excluding carboxylic acids is 2. The number of phenols is 1. The lowest BCUT2D eigenvalue weighted by Crippen LogP contribution is -2.56. The van der Waals surface area contributed by atoms with Crippen molar-refractivity contribution in [3.63, 3.8) is 0 Å². The minimum Gasteiger partial charge on any atom is -0.508 e. The topological polar surface area (TPSA) is 75.6 Å². The summed E-state index contributed by atoms with van der Waals surface area (Å²) in [6.45, 7) is 6.50. The SMILES string of the molecule is CC1=C[C@@H]2/C=C/C[C@H](C)CCCC/C=C/C(=O)O[C@]23C(=O)N[C@@H](Cc2ccc(O)cc2)[C@@H]3[C@@H]1C. The quantitative estimate of drug-likeness (QED) is 0.464. The van der Waals surface area contributed by atoms with Crippen LogP contribution in [0.25, 0.3) is 0 Å². The highest BCUT2D eigenvalue weighted by Gasteiger charge is 2.64. The number of benzene rings is 1. The van der Waals surface area contributed by atoms with Gasteiger partial charge in [0, 0.05) is 24.0 Å². The fourth-order valence-corrected chi connectivity index (χ4v) is 5.91. The minimum atomic E-state index is -1.27. The van der Waals surface area contributed by atoms with E-state index in [1.807, 2.05) is 18.2 Å². The van der Waals surface area contributed by atoms with Gasteiger partial charge in [-0.3, -0.25) is 4.79 Å². The number of hydrogen-bond acceptors (Lipinski definition) is 4. The summed E-state index contributed by atoms with van der Waals surface area (Å²) >= 11 is 0. The maximum Gasteiger partial charge on any atom is 0.331 e. The number of aromatic hydroxyl groups is 1. The number of phenolic OH excluding ortho intramolecular Hbond substituents is 1. The van der Waals surface area contributed by atoms with Crippen molar-refractivity contribution in [1.29, 1.82) is 0 Å². The van der Waals surface area contributed by atoms with Crippen molar-refractivity contribution in [1.82, 2.24) is 5.32 Å². The second kappa shape index (κ2) is 10.2. The molecule has 1 aromatic carbocycles. The van der Waals surface area contributed by atoms with Crippen LogP contribution >= 0.6 is 0 Å². The molecule has 4 rings (SSSR count). The van der Waals surface area contributed by atoms with E-state index in [2.05, 4.69) is 44.3 Å². The van der Waals surface area contributed by atoms with Crippen molar-refractivity contribution in [2.45, 2.75) is 70.9 Å². The van der Waals surface area contributed by atoms with Crippen molar-refractivity contribution >= 4 is 11.9 Å². The van der Waals surface area contributed by atoms with Gasteiger partial charge in [0.1, 0.15) is 5.75 Å². The molecular weight excluding hydrogens is 426 g/mol. The minimum absolute atomic E-state index is 0.0697. The Morgan fingerprint density at radius 1 is 1.12 bits per heavy atom. The summed E-state index contributed by atoms with van der Waals surface area (Å²) in [4.78, 5) is 26.7. The smallest absolute Gasteiger partial charge is 0.331 e. The molecule has 1 amide bonds. The normalized spacial score (nSPS) is 36.2. The number of rotatable bonds is 2. The predicted molar refractivity (Wildman–Crippen MR) is 133 cm³/mol. The van der Waals surface area contributed by atoms with Crippen molar-refractivity contribution < 1.29 is 19.4 Å². The first-order chi connectivity index (χ1) is 16.3. The average Bonchev–Trinajstić information content (AvgIpc) is 3.07. The van der Waals surface area contributed by atoms with E-state index in [1.54, 1.807) is 12.1 Å². The lowest BCUT2D eigenvalue weighted by atomic mass is 9.63. The van der Waals surface area contributed by atoms with Crippen LogP contribution in [0.15, 0.2) is 60.2 Å². The van der Waals surface area contributed by atoms with Crippen LogP contribution in [0.5, 0.6) is 5.75 Å². The van der Waals surface area contributed by atoms with Crippen LogP contribution in [-0.4, -0.2) is 28.6 Å². The maximum absolute atomic E-state index is 13.7. The number of allylic oxidation sites excluding steroid dienone is 3. The van der Waals surface area contributed by atoms with Gasteiger partial charge >= 0.3 is 5.97 Å². The molecule has 1 aliphatic carbocycles. The molecule has 1 saturated heterocycles. The fourth-order valence-electron chi connectivity index (χ4n) is 5.91. The molecule has 0 radical (unpaired) electrons. The van der Waals surface area contributed by atoms with Gasteiger partial charge in [0.15, 0.2) is 0 Å². The number of ether oxygens (including phenoxy) is 1. The van der Waals surface area contributed by atoms with E-state index in [-0.39, 0.29) is 35.5 Å². The van der Waals surface area contributed by atoms with Gasteiger partial charge in [-0.2, -0.15) is 0 Å².